The van der Waals surface area contributed by atoms with Crippen LogP contribution in [0.15, 0.2) is 71.6 Å². The largest absolute Gasteiger partial charge is 0.457 e. The third-order valence-electron chi connectivity index (χ3n) is 2.63. The summed E-state index contributed by atoms with van der Waals surface area (Å²) in [7, 11) is 0. The van der Waals surface area contributed by atoms with Crippen LogP contribution in [0.3, 0.4) is 0 Å². The van der Waals surface area contributed by atoms with E-state index in [0.717, 1.165) is 11.5 Å². The van der Waals surface area contributed by atoms with E-state index in [9.17, 15) is 0 Å². The van der Waals surface area contributed by atoms with E-state index in [1.54, 1.807) is 6.07 Å². The SMILES string of the molecule is Brc1cc(Oc2ccc(Oc3ccccc3)cc2)ncn1. The van der Waals surface area contributed by atoms with Crippen molar-refractivity contribution in [3.05, 3.63) is 71.6 Å². The molecule has 0 aliphatic carbocycles. The average Bonchev–Trinajstić information content (AvgIpc) is 2.50. The van der Waals surface area contributed by atoms with Gasteiger partial charge in [-0.3, -0.25) is 0 Å². The zero-order valence-electron chi connectivity index (χ0n) is 10.9. The van der Waals surface area contributed by atoms with Gasteiger partial charge in [0.15, 0.2) is 0 Å². The van der Waals surface area contributed by atoms with E-state index in [1.807, 2.05) is 54.6 Å². The standard InChI is InChI=1S/C16H11BrN2O2/c17-15-10-16(19-11-18-15)21-14-8-6-13(7-9-14)20-12-4-2-1-3-5-12/h1-11H. The molecule has 2 aromatic carbocycles. The van der Waals surface area contributed by atoms with Gasteiger partial charge in [-0.2, -0.15) is 0 Å². The number of hydrogen-bond acceptors (Lipinski definition) is 4. The Morgan fingerprint density at radius 1 is 0.714 bits per heavy atom. The molecule has 0 unspecified atom stereocenters. The maximum Gasteiger partial charge on any atom is 0.223 e. The molecule has 0 radical (unpaired) electrons. The summed E-state index contributed by atoms with van der Waals surface area (Å²) in [5.74, 6) is 2.71. The molecule has 21 heavy (non-hydrogen) atoms. The summed E-state index contributed by atoms with van der Waals surface area (Å²) in [5, 5.41) is 0. The van der Waals surface area contributed by atoms with E-state index >= 15 is 0 Å². The molecule has 0 atom stereocenters. The summed E-state index contributed by atoms with van der Waals surface area (Å²) in [5.41, 5.74) is 0. The van der Waals surface area contributed by atoms with Crippen LogP contribution >= 0.6 is 15.9 Å². The molecule has 0 saturated heterocycles. The first kappa shape index (κ1) is 13.6. The molecule has 0 N–H and O–H groups in total. The molecule has 3 rings (SSSR count). The zero-order valence-corrected chi connectivity index (χ0v) is 12.5. The molecule has 0 bridgehead atoms. The van der Waals surface area contributed by atoms with Crippen molar-refractivity contribution < 1.29 is 9.47 Å². The Bertz CT molecular complexity index is 718. The van der Waals surface area contributed by atoms with Crippen molar-refractivity contribution in [2.45, 2.75) is 0 Å². The highest BCUT2D eigenvalue weighted by Crippen LogP contribution is 2.26. The number of para-hydroxylation sites is 1. The lowest BCUT2D eigenvalue weighted by Gasteiger charge is -2.07. The van der Waals surface area contributed by atoms with Crippen molar-refractivity contribution in [2.24, 2.45) is 0 Å². The van der Waals surface area contributed by atoms with Crippen molar-refractivity contribution in [3.63, 3.8) is 0 Å². The molecule has 4 nitrogen and oxygen atoms in total. The number of halogens is 1. The lowest BCUT2D eigenvalue weighted by atomic mass is 10.3. The highest BCUT2D eigenvalue weighted by Gasteiger charge is 2.01. The average molecular weight is 343 g/mol. The number of ether oxygens (including phenoxy) is 2. The molecular formula is C16H11BrN2O2. The Kier molecular flexibility index (Phi) is 4.12. The van der Waals surface area contributed by atoms with Crippen LogP contribution in [0.5, 0.6) is 23.1 Å². The molecule has 0 amide bonds. The van der Waals surface area contributed by atoms with E-state index in [-0.39, 0.29) is 0 Å². The van der Waals surface area contributed by atoms with Crippen LogP contribution in [-0.4, -0.2) is 9.97 Å². The van der Waals surface area contributed by atoms with Crippen LogP contribution in [0.1, 0.15) is 0 Å². The first-order chi connectivity index (χ1) is 10.3. The Balaban J connectivity index is 1.69. The second-order valence-corrected chi connectivity index (χ2v) is 4.98. The number of hydrogen-bond donors (Lipinski definition) is 0. The Labute approximate surface area is 130 Å². The van der Waals surface area contributed by atoms with Gasteiger partial charge < -0.3 is 9.47 Å². The molecule has 0 saturated carbocycles. The third kappa shape index (κ3) is 3.79. The monoisotopic (exact) mass is 342 g/mol. The van der Waals surface area contributed by atoms with Crippen LogP contribution in [-0.2, 0) is 0 Å². The molecule has 3 aromatic rings. The van der Waals surface area contributed by atoms with Crippen molar-refractivity contribution in [1.29, 1.82) is 0 Å². The minimum atomic E-state index is 0.480. The van der Waals surface area contributed by atoms with Gasteiger partial charge >= 0.3 is 0 Å². The van der Waals surface area contributed by atoms with Crippen LogP contribution in [0.25, 0.3) is 0 Å². The quantitative estimate of drug-likeness (QED) is 0.637. The van der Waals surface area contributed by atoms with E-state index in [2.05, 4.69) is 25.9 Å². The molecule has 104 valence electrons. The van der Waals surface area contributed by atoms with E-state index < -0.39 is 0 Å². The summed E-state index contributed by atoms with van der Waals surface area (Å²) >= 11 is 3.27. The molecule has 0 aliphatic rings. The molecular weight excluding hydrogens is 332 g/mol. The normalized spacial score (nSPS) is 10.1. The number of nitrogens with zero attached hydrogens (tertiary/aromatic N) is 2. The minimum absolute atomic E-state index is 0.480. The Hall–Kier alpha value is -2.40. The van der Waals surface area contributed by atoms with Crippen LogP contribution in [0, 0.1) is 0 Å². The predicted molar refractivity (Wildman–Crippen MR) is 82.8 cm³/mol. The molecule has 1 heterocycles. The van der Waals surface area contributed by atoms with Gasteiger partial charge in [-0.25, -0.2) is 9.97 Å². The third-order valence-corrected chi connectivity index (χ3v) is 3.07. The lowest BCUT2D eigenvalue weighted by molar-refractivity contribution is 0.455. The van der Waals surface area contributed by atoms with E-state index in [1.165, 1.54) is 6.33 Å². The Morgan fingerprint density at radius 3 is 2.00 bits per heavy atom. The van der Waals surface area contributed by atoms with Gasteiger partial charge in [0, 0.05) is 6.07 Å². The molecule has 1 aromatic heterocycles. The highest BCUT2D eigenvalue weighted by atomic mass is 79.9. The first-order valence-electron chi connectivity index (χ1n) is 6.28. The lowest BCUT2D eigenvalue weighted by Crippen LogP contribution is -1.89. The van der Waals surface area contributed by atoms with Crippen molar-refractivity contribution in [1.82, 2.24) is 9.97 Å². The van der Waals surface area contributed by atoms with E-state index in [0.29, 0.717) is 16.2 Å². The second-order valence-electron chi connectivity index (χ2n) is 4.17. The topological polar surface area (TPSA) is 44.2 Å². The van der Waals surface area contributed by atoms with Gasteiger partial charge in [-0.15, -0.1) is 0 Å². The second kappa shape index (κ2) is 6.37. The van der Waals surface area contributed by atoms with Crippen LogP contribution < -0.4 is 9.47 Å². The van der Waals surface area contributed by atoms with Gasteiger partial charge in [0.1, 0.15) is 28.2 Å². The van der Waals surface area contributed by atoms with Crippen LogP contribution in [0.4, 0.5) is 0 Å². The summed E-state index contributed by atoms with van der Waals surface area (Å²) in [4.78, 5) is 7.98. The summed E-state index contributed by atoms with van der Waals surface area (Å²) in [6, 6.07) is 18.7. The minimum Gasteiger partial charge on any atom is -0.457 e. The highest BCUT2D eigenvalue weighted by molar-refractivity contribution is 9.10. The molecule has 5 heteroatoms. The van der Waals surface area contributed by atoms with Crippen molar-refractivity contribution in [2.75, 3.05) is 0 Å². The summed E-state index contributed by atoms with van der Waals surface area (Å²) < 4.78 is 12.0. The number of rotatable bonds is 4. The smallest absolute Gasteiger partial charge is 0.223 e. The fourth-order valence-corrected chi connectivity index (χ4v) is 1.98. The van der Waals surface area contributed by atoms with Gasteiger partial charge in [0.05, 0.1) is 0 Å². The van der Waals surface area contributed by atoms with Gasteiger partial charge in [-0.1, -0.05) is 18.2 Å². The van der Waals surface area contributed by atoms with Gasteiger partial charge in [0.25, 0.3) is 0 Å². The summed E-state index contributed by atoms with van der Waals surface area (Å²) in [6.45, 7) is 0. The molecule has 0 spiro atoms. The fraction of sp³-hybridized carbons (Fsp3) is 0. The Morgan fingerprint density at radius 2 is 1.33 bits per heavy atom. The maximum absolute atomic E-state index is 5.71. The van der Waals surface area contributed by atoms with E-state index in [4.69, 9.17) is 9.47 Å². The van der Waals surface area contributed by atoms with Gasteiger partial charge in [-0.05, 0) is 52.3 Å². The van der Waals surface area contributed by atoms with Crippen molar-refractivity contribution in [3.8, 4) is 23.1 Å². The number of aromatic nitrogens is 2. The molecule has 0 fully saturated rings. The maximum atomic E-state index is 5.71. The fourth-order valence-electron chi connectivity index (χ4n) is 1.69. The predicted octanol–water partition coefficient (Wildman–Crippen LogP) is 4.82. The summed E-state index contributed by atoms with van der Waals surface area (Å²) in [6.07, 6.45) is 1.44. The first-order valence-corrected chi connectivity index (χ1v) is 7.07. The van der Waals surface area contributed by atoms with Gasteiger partial charge in [0.2, 0.25) is 5.88 Å². The van der Waals surface area contributed by atoms with Crippen LogP contribution in [0.2, 0.25) is 0 Å². The number of benzene rings is 2. The zero-order chi connectivity index (χ0) is 14.5. The molecule has 0 aliphatic heterocycles. The van der Waals surface area contributed by atoms with Crippen molar-refractivity contribution >= 4 is 15.9 Å².